The second kappa shape index (κ2) is 18.0. The quantitative estimate of drug-likeness (QED) is 0.0622. The van der Waals surface area contributed by atoms with Gasteiger partial charge in [0.1, 0.15) is 11.3 Å². The largest absolute Gasteiger partial charge is 0.462 e. The fourth-order valence-corrected chi connectivity index (χ4v) is 4.84. The number of carbonyl (C=O) groups excluding carboxylic acids is 3. The minimum atomic E-state index is -0.699. The molecule has 0 aromatic heterocycles. The molecule has 0 unspecified atom stereocenters. The zero-order valence-electron chi connectivity index (χ0n) is 24.1. The standard InChI is InChI=1S/C34H45NO5/c1-2-3-4-5-6-7-8-9-10-11-12-13-14-15-18-25-39-33(37)27-21-23-28(24-22-27)35-26-30-32(36)29-19-16-17-20-31(29)40-34(30)38/h16-17,19-24,26,35H,2-15,18,25H2,1H3. The first-order valence-corrected chi connectivity index (χ1v) is 15.2. The average Bonchev–Trinajstić information content (AvgIpc) is 2.97. The van der Waals surface area contributed by atoms with Gasteiger partial charge in [0.15, 0.2) is 0 Å². The topological polar surface area (TPSA) is 81.7 Å². The van der Waals surface area contributed by atoms with Crippen LogP contribution in [-0.2, 0) is 9.53 Å². The van der Waals surface area contributed by atoms with Crippen LogP contribution in [0.3, 0.4) is 0 Å². The van der Waals surface area contributed by atoms with Gasteiger partial charge < -0.3 is 14.8 Å². The first-order chi connectivity index (χ1) is 19.6. The van der Waals surface area contributed by atoms with E-state index in [9.17, 15) is 14.4 Å². The Morgan fingerprint density at radius 3 is 1.90 bits per heavy atom. The molecule has 0 saturated carbocycles. The third kappa shape index (κ3) is 10.6. The lowest BCUT2D eigenvalue weighted by molar-refractivity contribution is -0.130. The molecule has 6 heteroatoms. The SMILES string of the molecule is CCCCCCCCCCCCCCCCCOC(=O)c1ccc(NC=C2C(=O)Oc3ccccc3C2=O)cc1. The zero-order chi connectivity index (χ0) is 28.4. The smallest absolute Gasteiger partial charge is 0.349 e. The molecule has 0 saturated heterocycles. The van der Waals surface area contributed by atoms with Crippen LogP contribution in [0.15, 0.2) is 60.3 Å². The number of nitrogens with one attached hydrogen (secondary N) is 1. The number of esters is 2. The minimum Gasteiger partial charge on any atom is -0.462 e. The van der Waals surface area contributed by atoms with Gasteiger partial charge in [0.2, 0.25) is 5.78 Å². The fraction of sp³-hybridized carbons (Fsp3) is 0.500. The maximum atomic E-state index is 12.6. The predicted octanol–water partition coefficient (Wildman–Crippen LogP) is 8.81. The van der Waals surface area contributed by atoms with Crippen molar-refractivity contribution < 1.29 is 23.9 Å². The minimum absolute atomic E-state index is 0.0781. The highest BCUT2D eigenvalue weighted by atomic mass is 16.5. The van der Waals surface area contributed by atoms with Crippen LogP contribution >= 0.6 is 0 Å². The van der Waals surface area contributed by atoms with Gasteiger partial charge in [-0.05, 0) is 42.8 Å². The van der Waals surface area contributed by atoms with Gasteiger partial charge in [-0.2, -0.15) is 0 Å². The number of anilines is 1. The lowest BCUT2D eigenvalue weighted by Crippen LogP contribution is -2.25. The number of rotatable bonds is 19. The summed E-state index contributed by atoms with van der Waals surface area (Å²) in [5, 5.41) is 2.94. The van der Waals surface area contributed by atoms with Crippen LogP contribution in [0, 0.1) is 0 Å². The van der Waals surface area contributed by atoms with E-state index in [0.29, 0.717) is 23.4 Å². The van der Waals surface area contributed by atoms with E-state index in [2.05, 4.69) is 12.2 Å². The summed E-state index contributed by atoms with van der Waals surface area (Å²) in [6.45, 7) is 2.69. The van der Waals surface area contributed by atoms with Crippen molar-refractivity contribution in [2.75, 3.05) is 11.9 Å². The summed E-state index contributed by atoms with van der Waals surface area (Å²) in [6.07, 6.45) is 20.8. The molecule has 1 aliphatic heterocycles. The fourth-order valence-electron chi connectivity index (χ4n) is 4.84. The first-order valence-electron chi connectivity index (χ1n) is 15.2. The third-order valence-corrected chi connectivity index (χ3v) is 7.28. The second-order valence-electron chi connectivity index (χ2n) is 10.6. The van der Waals surface area contributed by atoms with E-state index in [-0.39, 0.29) is 17.3 Å². The number of hydrogen-bond acceptors (Lipinski definition) is 6. The van der Waals surface area contributed by atoms with Gasteiger partial charge in [-0.3, -0.25) is 4.79 Å². The summed E-state index contributed by atoms with van der Waals surface area (Å²) in [7, 11) is 0. The Morgan fingerprint density at radius 1 is 0.750 bits per heavy atom. The number of ether oxygens (including phenoxy) is 2. The van der Waals surface area contributed by atoms with E-state index in [1.165, 1.54) is 89.7 Å². The van der Waals surface area contributed by atoms with Gasteiger partial charge in [-0.1, -0.05) is 109 Å². The van der Waals surface area contributed by atoms with Crippen molar-refractivity contribution >= 4 is 23.4 Å². The molecule has 0 spiro atoms. The summed E-state index contributed by atoms with van der Waals surface area (Å²) in [4.78, 5) is 37.2. The maximum absolute atomic E-state index is 12.6. The first kappa shape index (κ1) is 31.1. The van der Waals surface area contributed by atoms with Gasteiger partial charge in [-0.25, -0.2) is 9.59 Å². The second-order valence-corrected chi connectivity index (χ2v) is 10.6. The highest BCUT2D eigenvalue weighted by Gasteiger charge is 2.30. The number of fused-ring (bicyclic) bond motifs is 1. The van der Waals surface area contributed by atoms with Crippen LogP contribution < -0.4 is 10.1 Å². The molecule has 0 fully saturated rings. The van der Waals surface area contributed by atoms with Crippen molar-refractivity contribution in [3.63, 3.8) is 0 Å². The van der Waals surface area contributed by atoms with Gasteiger partial charge in [0.05, 0.1) is 17.7 Å². The summed E-state index contributed by atoms with van der Waals surface area (Å²) >= 11 is 0. The summed E-state index contributed by atoms with van der Waals surface area (Å²) < 4.78 is 10.7. The van der Waals surface area contributed by atoms with Crippen molar-refractivity contribution in [1.29, 1.82) is 0 Å². The monoisotopic (exact) mass is 547 g/mol. The van der Waals surface area contributed by atoms with Gasteiger partial charge >= 0.3 is 11.9 Å². The van der Waals surface area contributed by atoms with E-state index < -0.39 is 11.8 Å². The van der Waals surface area contributed by atoms with Crippen LogP contribution in [0.25, 0.3) is 0 Å². The van der Waals surface area contributed by atoms with Crippen molar-refractivity contribution in [3.05, 3.63) is 71.4 Å². The Balaban J connectivity index is 1.23. The number of benzene rings is 2. The molecule has 2 aromatic carbocycles. The van der Waals surface area contributed by atoms with E-state index >= 15 is 0 Å². The Hall–Kier alpha value is -3.41. The van der Waals surface area contributed by atoms with Crippen molar-refractivity contribution in [3.8, 4) is 5.75 Å². The van der Waals surface area contributed by atoms with Gasteiger partial charge in [0.25, 0.3) is 0 Å². The van der Waals surface area contributed by atoms with Crippen LogP contribution in [0.5, 0.6) is 5.75 Å². The number of Topliss-reactive ketones (excluding diaryl/α,β-unsaturated/α-hetero) is 1. The van der Waals surface area contributed by atoms with Gasteiger partial charge in [0, 0.05) is 11.9 Å². The molecule has 216 valence electrons. The molecule has 2 aromatic rings. The summed E-state index contributed by atoms with van der Waals surface area (Å²) in [5.74, 6) is -1.17. The number of unbranched alkanes of at least 4 members (excludes halogenated alkanes) is 14. The lowest BCUT2D eigenvalue weighted by atomic mass is 10.0. The molecule has 1 N–H and O–H groups in total. The number of ketones is 1. The zero-order valence-corrected chi connectivity index (χ0v) is 24.1. The summed E-state index contributed by atoms with van der Waals surface area (Å²) in [6, 6.07) is 13.4. The molecule has 0 atom stereocenters. The molecule has 40 heavy (non-hydrogen) atoms. The maximum Gasteiger partial charge on any atom is 0.349 e. The van der Waals surface area contributed by atoms with Crippen molar-refractivity contribution in [2.24, 2.45) is 0 Å². The highest BCUT2D eigenvalue weighted by Crippen LogP contribution is 2.27. The molecule has 0 amide bonds. The highest BCUT2D eigenvalue weighted by molar-refractivity contribution is 6.27. The Labute approximate surface area is 239 Å². The molecule has 3 rings (SSSR count). The summed E-state index contributed by atoms with van der Waals surface area (Å²) in [5.41, 5.74) is 1.36. The third-order valence-electron chi connectivity index (χ3n) is 7.28. The molecular formula is C34H45NO5. The molecule has 0 radical (unpaired) electrons. The molecule has 0 aliphatic carbocycles. The average molecular weight is 548 g/mol. The van der Waals surface area contributed by atoms with Crippen LogP contribution in [0.4, 0.5) is 5.69 Å². The Bertz CT molecular complexity index is 1110. The molecule has 1 heterocycles. The molecule has 1 aliphatic rings. The molecular weight excluding hydrogens is 502 g/mol. The van der Waals surface area contributed by atoms with Gasteiger partial charge in [-0.15, -0.1) is 0 Å². The predicted molar refractivity (Wildman–Crippen MR) is 160 cm³/mol. The van der Waals surface area contributed by atoms with Crippen LogP contribution in [-0.4, -0.2) is 24.3 Å². The number of para-hydroxylation sites is 1. The number of hydrogen-bond donors (Lipinski definition) is 1. The van der Waals surface area contributed by atoms with E-state index in [1.807, 2.05) is 0 Å². The van der Waals surface area contributed by atoms with E-state index in [4.69, 9.17) is 9.47 Å². The van der Waals surface area contributed by atoms with E-state index in [0.717, 1.165) is 12.8 Å². The van der Waals surface area contributed by atoms with E-state index in [1.54, 1.807) is 48.5 Å². The molecule has 0 bridgehead atoms. The Kier molecular flexibility index (Phi) is 14.0. The van der Waals surface area contributed by atoms with Crippen molar-refractivity contribution in [2.45, 2.75) is 103 Å². The van der Waals surface area contributed by atoms with Crippen molar-refractivity contribution in [1.82, 2.24) is 0 Å². The normalized spacial score (nSPS) is 13.7. The lowest BCUT2D eigenvalue weighted by Gasteiger charge is -2.16. The number of carbonyl (C=O) groups is 3. The van der Waals surface area contributed by atoms with Crippen LogP contribution in [0.1, 0.15) is 124 Å². The Morgan fingerprint density at radius 2 is 1.30 bits per heavy atom. The van der Waals surface area contributed by atoms with Crippen LogP contribution in [0.2, 0.25) is 0 Å². The molecule has 6 nitrogen and oxygen atoms in total.